The van der Waals surface area contributed by atoms with Gasteiger partial charge in [0, 0.05) is 11.8 Å². The molecule has 21 heavy (non-hydrogen) atoms. The number of rotatable bonds is 10. The van der Waals surface area contributed by atoms with Crippen molar-refractivity contribution in [2.45, 2.75) is 71.3 Å². The zero-order chi connectivity index (χ0) is 15.3. The van der Waals surface area contributed by atoms with Crippen LogP contribution in [0.1, 0.15) is 65.2 Å². The molecule has 0 radical (unpaired) electrons. The van der Waals surface area contributed by atoms with Crippen molar-refractivity contribution in [2.24, 2.45) is 17.8 Å². The van der Waals surface area contributed by atoms with Gasteiger partial charge in [0.25, 0.3) is 0 Å². The number of hydrogen-bond acceptors (Lipinski definition) is 3. The van der Waals surface area contributed by atoms with Gasteiger partial charge >= 0.3 is 0 Å². The van der Waals surface area contributed by atoms with Crippen molar-refractivity contribution in [3.63, 3.8) is 0 Å². The molecule has 4 unspecified atom stereocenters. The lowest BCUT2D eigenvalue weighted by Crippen LogP contribution is -2.33. The zero-order valence-electron chi connectivity index (χ0n) is 13.8. The molecule has 124 valence electrons. The van der Waals surface area contributed by atoms with E-state index in [1.54, 1.807) is 6.92 Å². The quantitative estimate of drug-likeness (QED) is 0.672. The van der Waals surface area contributed by atoms with Crippen LogP contribution in [0.25, 0.3) is 0 Å². The Morgan fingerprint density at radius 3 is 2.57 bits per heavy atom. The maximum atomic E-state index is 11.6. The summed E-state index contributed by atoms with van der Waals surface area (Å²) in [4.78, 5) is 0. The monoisotopic (exact) mass is 315 g/mol. The van der Waals surface area contributed by atoms with Crippen molar-refractivity contribution >= 4 is 9.84 Å². The van der Waals surface area contributed by atoms with Crippen molar-refractivity contribution in [1.29, 1.82) is 0 Å². The molecule has 2 rings (SSSR count). The summed E-state index contributed by atoms with van der Waals surface area (Å²) >= 11 is 0. The standard InChI is InChI=1S/C17H33NO2S/c1-3-9-18-17(6-5-10-21(19,20)4-2)13-16-12-14-7-8-15(16)11-14/h14-18H,3-13H2,1-2H3. The maximum absolute atomic E-state index is 11.6. The molecule has 0 heterocycles. The third-order valence-electron chi connectivity index (χ3n) is 5.60. The number of hydrogen-bond donors (Lipinski definition) is 1. The summed E-state index contributed by atoms with van der Waals surface area (Å²) in [6, 6.07) is 0.529. The molecule has 2 fully saturated rings. The molecule has 2 saturated carbocycles. The van der Waals surface area contributed by atoms with Gasteiger partial charge in [-0.25, -0.2) is 8.42 Å². The molecule has 0 saturated heterocycles. The SMILES string of the molecule is CCCNC(CCCS(=O)(=O)CC)CC1CC2CCC1C2. The van der Waals surface area contributed by atoms with Gasteiger partial charge in [0.2, 0.25) is 0 Å². The zero-order valence-corrected chi connectivity index (χ0v) is 14.6. The first-order valence-corrected chi connectivity index (χ1v) is 10.8. The maximum Gasteiger partial charge on any atom is 0.150 e. The number of fused-ring (bicyclic) bond motifs is 2. The van der Waals surface area contributed by atoms with Crippen molar-refractivity contribution < 1.29 is 8.42 Å². The highest BCUT2D eigenvalue weighted by Gasteiger charge is 2.39. The van der Waals surface area contributed by atoms with Gasteiger partial charge < -0.3 is 5.32 Å². The summed E-state index contributed by atoms with van der Waals surface area (Å²) in [5.41, 5.74) is 0. The average Bonchev–Trinajstić information content (AvgIpc) is 3.07. The first-order valence-electron chi connectivity index (χ1n) is 8.97. The first kappa shape index (κ1) is 17.3. The van der Waals surface area contributed by atoms with Crippen molar-refractivity contribution in [2.75, 3.05) is 18.1 Å². The summed E-state index contributed by atoms with van der Waals surface area (Å²) in [5.74, 6) is 3.53. The van der Waals surface area contributed by atoms with E-state index in [1.807, 2.05) is 0 Å². The second-order valence-electron chi connectivity index (χ2n) is 7.20. The van der Waals surface area contributed by atoms with E-state index < -0.39 is 9.84 Å². The Kier molecular flexibility index (Phi) is 6.54. The molecule has 0 spiro atoms. The van der Waals surface area contributed by atoms with Crippen LogP contribution in [0.2, 0.25) is 0 Å². The van der Waals surface area contributed by atoms with Gasteiger partial charge in [-0.15, -0.1) is 0 Å². The number of sulfone groups is 1. The smallest absolute Gasteiger partial charge is 0.150 e. The Morgan fingerprint density at radius 2 is 2.00 bits per heavy atom. The van der Waals surface area contributed by atoms with E-state index >= 15 is 0 Å². The number of nitrogens with one attached hydrogen (secondary N) is 1. The van der Waals surface area contributed by atoms with E-state index in [9.17, 15) is 8.42 Å². The van der Waals surface area contributed by atoms with Crippen LogP contribution >= 0.6 is 0 Å². The van der Waals surface area contributed by atoms with E-state index in [0.717, 1.165) is 43.6 Å². The first-order chi connectivity index (χ1) is 10.0. The molecule has 0 aromatic carbocycles. The normalized spacial score (nSPS) is 29.9. The molecule has 4 atom stereocenters. The van der Waals surface area contributed by atoms with E-state index in [2.05, 4.69) is 12.2 Å². The van der Waals surface area contributed by atoms with Gasteiger partial charge in [0.05, 0.1) is 5.75 Å². The van der Waals surface area contributed by atoms with Crippen molar-refractivity contribution in [3.8, 4) is 0 Å². The molecule has 0 aromatic rings. The van der Waals surface area contributed by atoms with E-state index in [4.69, 9.17) is 0 Å². The minimum absolute atomic E-state index is 0.284. The molecular formula is C17H33NO2S. The van der Waals surface area contributed by atoms with Crippen LogP contribution in [0.3, 0.4) is 0 Å². The molecule has 2 bridgehead atoms. The Morgan fingerprint density at radius 1 is 1.19 bits per heavy atom. The molecule has 0 aromatic heterocycles. The fourth-order valence-corrected chi connectivity index (χ4v) is 5.27. The van der Waals surface area contributed by atoms with Crippen molar-refractivity contribution in [1.82, 2.24) is 5.32 Å². The molecular weight excluding hydrogens is 282 g/mol. The summed E-state index contributed by atoms with van der Waals surface area (Å²) < 4.78 is 23.2. The Labute approximate surface area is 131 Å². The van der Waals surface area contributed by atoms with Crippen LogP contribution in [0.5, 0.6) is 0 Å². The lowest BCUT2D eigenvalue weighted by atomic mass is 9.83. The second kappa shape index (κ2) is 7.96. The lowest BCUT2D eigenvalue weighted by Gasteiger charge is -2.27. The molecule has 0 amide bonds. The molecule has 2 aliphatic carbocycles. The van der Waals surface area contributed by atoms with Gasteiger partial charge in [-0.3, -0.25) is 0 Å². The van der Waals surface area contributed by atoms with E-state index in [1.165, 1.54) is 32.1 Å². The van der Waals surface area contributed by atoms with Crippen LogP contribution in [0, 0.1) is 17.8 Å². The van der Waals surface area contributed by atoms with E-state index in [-0.39, 0.29) is 5.75 Å². The van der Waals surface area contributed by atoms with Crippen LogP contribution in [0.15, 0.2) is 0 Å². The van der Waals surface area contributed by atoms with E-state index in [0.29, 0.717) is 11.8 Å². The third kappa shape index (κ3) is 5.24. The highest BCUT2D eigenvalue weighted by atomic mass is 32.2. The third-order valence-corrected chi connectivity index (χ3v) is 7.39. The largest absolute Gasteiger partial charge is 0.314 e. The Balaban J connectivity index is 1.77. The Bertz CT molecular complexity index is 407. The molecule has 1 N–H and O–H groups in total. The van der Waals surface area contributed by atoms with Crippen LogP contribution in [-0.2, 0) is 9.84 Å². The topological polar surface area (TPSA) is 46.2 Å². The van der Waals surface area contributed by atoms with Crippen molar-refractivity contribution in [3.05, 3.63) is 0 Å². The predicted molar refractivity (Wildman–Crippen MR) is 89.2 cm³/mol. The molecule has 3 nitrogen and oxygen atoms in total. The van der Waals surface area contributed by atoms with Gasteiger partial charge in [-0.1, -0.05) is 20.3 Å². The second-order valence-corrected chi connectivity index (χ2v) is 9.67. The molecule has 4 heteroatoms. The minimum Gasteiger partial charge on any atom is -0.314 e. The van der Waals surface area contributed by atoms with Gasteiger partial charge in [-0.2, -0.15) is 0 Å². The predicted octanol–water partition coefficient (Wildman–Crippen LogP) is 3.40. The van der Waals surface area contributed by atoms with Crippen LogP contribution in [0.4, 0.5) is 0 Å². The van der Waals surface area contributed by atoms with Crippen LogP contribution in [-0.4, -0.2) is 32.5 Å². The fourth-order valence-electron chi connectivity index (χ4n) is 4.38. The summed E-state index contributed by atoms with van der Waals surface area (Å²) in [6.07, 6.45) is 10.1. The summed E-state index contributed by atoms with van der Waals surface area (Å²) in [7, 11) is -2.80. The highest BCUT2D eigenvalue weighted by molar-refractivity contribution is 7.91. The molecule has 0 aliphatic heterocycles. The lowest BCUT2D eigenvalue weighted by molar-refractivity contribution is 0.271. The fraction of sp³-hybridized carbons (Fsp3) is 1.00. The minimum atomic E-state index is -2.80. The molecule has 2 aliphatic rings. The van der Waals surface area contributed by atoms with Gasteiger partial charge in [0.1, 0.15) is 9.84 Å². The summed E-state index contributed by atoms with van der Waals surface area (Å²) in [6.45, 7) is 5.01. The van der Waals surface area contributed by atoms with Gasteiger partial charge in [-0.05, 0) is 69.2 Å². The van der Waals surface area contributed by atoms with Crippen LogP contribution < -0.4 is 5.32 Å². The average molecular weight is 316 g/mol. The summed E-state index contributed by atoms with van der Waals surface area (Å²) in [5, 5.41) is 3.67. The highest BCUT2D eigenvalue weighted by Crippen LogP contribution is 2.50. The Hall–Kier alpha value is -0.0900. The van der Waals surface area contributed by atoms with Gasteiger partial charge in [0.15, 0.2) is 0 Å².